The van der Waals surface area contributed by atoms with Gasteiger partial charge in [-0.05, 0) is 38.0 Å². The molecule has 2 fully saturated rings. The number of carbonyl (C=O) groups excluding carboxylic acids is 2. The van der Waals surface area contributed by atoms with E-state index in [1.54, 1.807) is 23.8 Å². The SMILES string of the molecule is CC(Oc1ccc(F)cc1Cl)C(=O)N1CCC2(CC1)CN(C)C(=O)CO2. The van der Waals surface area contributed by atoms with Crippen LogP contribution in [-0.4, -0.2) is 66.6 Å². The van der Waals surface area contributed by atoms with Crippen molar-refractivity contribution in [3.05, 3.63) is 29.0 Å². The maximum atomic E-state index is 13.1. The molecule has 26 heavy (non-hydrogen) atoms. The number of piperidine rings is 1. The average molecular weight is 385 g/mol. The zero-order chi connectivity index (χ0) is 18.9. The van der Waals surface area contributed by atoms with Gasteiger partial charge < -0.3 is 19.3 Å². The molecule has 2 aliphatic heterocycles. The minimum Gasteiger partial charge on any atom is -0.479 e. The summed E-state index contributed by atoms with van der Waals surface area (Å²) in [5, 5.41) is 0.130. The van der Waals surface area contributed by atoms with E-state index in [-0.39, 0.29) is 34.8 Å². The Bertz CT molecular complexity index is 706. The highest BCUT2D eigenvalue weighted by atomic mass is 35.5. The van der Waals surface area contributed by atoms with Gasteiger partial charge in [0.05, 0.1) is 10.6 Å². The molecule has 0 N–H and O–H groups in total. The van der Waals surface area contributed by atoms with Crippen molar-refractivity contribution in [2.45, 2.75) is 31.5 Å². The third-order valence-corrected chi connectivity index (χ3v) is 5.28. The highest BCUT2D eigenvalue weighted by Crippen LogP contribution is 2.31. The average Bonchev–Trinajstić information content (AvgIpc) is 2.61. The van der Waals surface area contributed by atoms with Crippen LogP contribution in [0.25, 0.3) is 0 Å². The molecule has 8 heteroatoms. The van der Waals surface area contributed by atoms with Crippen molar-refractivity contribution in [3.8, 4) is 5.75 Å². The Morgan fingerprint density at radius 1 is 1.38 bits per heavy atom. The highest BCUT2D eigenvalue weighted by molar-refractivity contribution is 6.32. The predicted octanol–water partition coefficient (Wildman–Crippen LogP) is 2.10. The Hall–Kier alpha value is -1.86. The van der Waals surface area contributed by atoms with Crippen LogP contribution in [0.15, 0.2) is 18.2 Å². The molecule has 1 spiro atoms. The number of carbonyl (C=O) groups is 2. The summed E-state index contributed by atoms with van der Waals surface area (Å²) in [4.78, 5) is 27.6. The van der Waals surface area contributed by atoms with Crippen LogP contribution >= 0.6 is 11.6 Å². The first kappa shape index (κ1) is 18.9. The van der Waals surface area contributed by atoms with Crippen LogP contribution in [0.4, 0.5) is 4.39 Å². The van der Waals surface area contributed by atoms with Crippen molar-refractivity contribution < 1.29 is 23.5 Å². The predicted molar refractivity (Wildman–Crippen MR) is 93.6 cm³/mol. The third kappa shape index (κ3) is 3.94. The number of ether oxygens (including phenoxy) is 2. The molecule has 1 aromatic carbocycles. The van der Waals surface area contributed by atoms with Gasteiger partial charge in [-0.2, -0.15) is 0 Å². The lowest BCUT2D eigenvalue weighted by molar-refractivity contribution is -0.171. The van der Waals surface area contributed by atoms with Gasteiger partial charge in [-0.1, -0.05) is 11.6 Å². The molecular weight excluding hydrogens is 363 g/mol. The summed E-state index contributed by atoms with van der Waals surface area (Å²) in [7, 11) is 1.77. The summed E-state index contributed by atoms with van der Waals surface area (Å²) in [6.45, 7) is 3.35. The zero-order valence-corrected chi connectivity index (χ0v) is 15.6. The fourth-order valence-electron chi connectivity index (χ4n) is 3.40. The summed E-state index contributed by atoms with van der Waals surface area (Å²) >= 11 is 5.95. The Labute approximate surface area is 156 Å². The van der Waals surface area contributed by atoms with E-state index in [0.717, 1.165) is 6.07 Å². The minimum absolute atomic E-state index is 0.0210. The molecule has 3 rings (SSSR count). The third-order valence-electron chi connectivity index (χ3n) is 4.98. The van der Waals surface area contributed by atoms with Gasteiger partial charge in [-0.25, -0.2) is 4.39 Å². The molecule has 2 saturated heterocycles. The molecule has 2 heterocycles. The summed E-state index contributed by atoms with van der Waals surface area (Å²) in [5.41, 5.74) is -0.371. The van der Waals surface area contributed by atoms with Crippen LogP contribution in [0, 0.1) is 5.82 Å². The summed E-state index contributed by atoms with van der Waals surface area (Å²) in [6, 6.07) is 3.80. The van der Waals surface area contributed by atoms with E-state index in [4.69, 9.17) is 21.1 Å². The molecule has 0 radical (unpaired) electrons. The van der Waals surface area contributed by atoms with Gasteiger partial charge in [0.1, 0.15) is 18.2 Å². The van der Waals surface area contributed by atoms with Crippen LogP contribution in [-0.2, 0) is 14.3 Å². The van der Waals surface area contributed by atoms with Crippen molar-refractivity contribution in [2.24, 2.45) is 0 Å². The van der Waals surface area contributed by atoms with Gasteiger partial charge >= 0.3 is 0 Å². The Morgan fingerprint density at radius 2 is 2.08 bits per heavy atom. The second kappa shape index (κ2) is 7.40. The smallest absolute Gasteiger partial charge is 0.263 e. The minimum atomic E-state index is -0.733. The second-order valence-corrected chi connectivity index (χ2v) is 7.29. The number of amides is 2. The van der Waals surface area contributed by atoms with Crippen LogP contribution in [0.5, 0.6) is 5.75 Å². The number of likely N-dealkylation sites (N-methyl/N-ethyl adjacent to an activating group) is 1. The lowest BCUT2D eigenvalue weighted by atomic mass is 9.89. The molecule has 1 unspecified atom stereocenters. The summed E-state index contributed by atoms with van der Waals surface area (Å²) in [6.07, 6.45) is 0.601. The van der Waals surface area contributed by atoms with E-state index in [2.05, 4.69) is 0 Å². The van der Waals surface area contributed by atoms with Crippen LogP contribution in [0.3, 0.4) is 0 Å². The van der Waals surface area contributed by atoms with E-state index in [9.17, 15) is 14.0 Å². The number of halogens is 2. The molecule has 0 saturated carbocycles. The highest BCUT2D eigenvalue weighted by Gasteiger charge is 2.42. The van der Waals surface area contributed by atoms with E-state index < -0.39 is 11.9 Å². The first-order valence-corrected chi connectivity index (χ1v) is 8.96. The van der Waals surface area contributed by atoms with E-state index in [1.807, 2.05) is 0 Å². The van der Waals surface area contributed by atoms with Crippen molar-refractivity contribution >= 4 is 23.4 Å². The second-order valence-electron chi connectivity index (χ2n) is 6.88. The summed E-state index contributed by atoms with van der Waals surface area (Å²) < 4.78 is 24.5. The van der Waals surface area contributed by atoms with E-state index in [0.29, 0.717) is 32.5 Å². The number of likely N-dealkylation sites (tertiary alicyclic amines) is 1. The molecule has 0 bridgehead atoms. The number of hydrogen-bond acceptors (Lipinski definition) is 4. The topological polar surface area (TPSA) is 59.1 Å². The Morgan fingerprint density at radius 3 is 2.69 bits per heavy atom. The largest absolute Gasteiger partial charge is 0.479 e. The Balaban J connectivity index is 1.57. The van der Waals surface area contributed by atoms with Crippen LogP contribution in [0.1, 0.15) is 19.8 Å². The molecule has 1 atom stereocenters. The van der Waals surface area contributed by atoms with Crippen LogP contribution in [0.2, 0.25) is 5.02 Å². The molecule has 1 aromatic rings. The van der Waals surface area contributed by atoms with E-state index in [1.165, 1.54) is 12.1 Å². The number of hydrogen-bond donors (Lipinski definition) is 0. The van der Waals surface area contributed by atoms with Crippen molar-refractivity contribution in [2.75, 3.05) is 33.3 Å². The van der Waals surface area contributed by atoms with E-state index >= 15 is 0 Å². The molecule has 2 aliphatic rings. The molecule has 0 aliphatic carbocycles. The fraction of sp³-hybridized carbons (Fsp3) is 0.556. The van der Waals surface area contributed by atoms with Gasteiger partial charge in [0.2, 0.25) is 5.91 Å². The maximum absolute atomic E-state index is 13.1. The zero-order valence-electron chi connectivity index (χ0n) is 14.8. The number of benzene rings is 1. The number of rotatable bonds is 3. The first-order valence-electron chi connectivity index (χ1n) is 8.58. The summed E-state index contributed by atoms with van der Waals surface area (Å²) in [5.74, 6) is -0.357. The lowest BCUT2D eigenvalue weighted by Gasteiger charge is -2.46. The molecule has 0 aromatic heterocycles. The Kier molecular flexibility index (Phi) is 5.39. The molecular formula is C18H22ClFN2O4. The first-order chi connectivity index (χ1) is 12.3. The van der Waals surface area contributed by atoms with Gasteiger partial charge in [0.15, 0.2) is 6.10 Å². The fourth-order valence-corrected chi connectivity index (χ4v) is 3.61. The lowest BCUT2D eigenvalue weighted by Crippen LogP contribution is -2.59. The standard InChI is InChI=1S/C18H22ClFN2O4/c1-12(26-15-4-3-13(20)9-14(15)19)17(24)22-7-5-18(6-8-22)11-21(2)16(23)10-25-18/h3-4,9,12H,5-8,10-11H2,1-2H3. The molecule has 6 nitrogen and oxygen atoms in total. The monoisotopic (exact) mass is 384 g/mol. The molecule has 2 amide bonds. The van der Waals surface area contributed by atoms with Gasteiger partial charge in [0, 0.05) is 26.7 Å². The van der Waals surface area contributed by atoms with Gasteiger partial charge in [-0.3, -0.25) is 9.59 Å². The number of nitrogens with zero attached hydrogens (tertiary/aromatic N) is 2. The van der Waals surface area contributed by atoms with Gasteiger partial charge in [-0.15, -0.1) is 0 Å². The normalized spacial score (nSPS) is 21.0. The van der Waals surface area contributed by atoms with Crippen LogP contribution < -0.4 is 4.74 Å². The van der Waals surface area contributed by atoms with Crippen molar-refractivity contribution in [3.63, 3.8) is 0 Å². The maximum Gasteiger partial charge on any atom is 0.263 e. The van der Waals surface area contributed by atoms with Crippen molar-refractivity contribution in [1.82, 2.24) is 9.80 Å². The van der Waals surface area contributed by atoms with Crippen molar-refractivity contribution in [1.29, 1.82) is 0 Å². The quantitative estimate of drug-likeness (QED) is 0.800. The number of morpholine rings is 1. The molecule has 142 valence electrons. The van der Waals surface area contributed by atoms with Gasteiger partial charge in [0.25, 0.3) is 5.91 Å².